The molecule has 6 nitrogen and oxygen atoms in total. The first-order chi connectivity index (χ1) is 9.24. The molecule has 0 saturated heterocycles. The Labute approximate surface area is 107 Å². The van der Waals surface area contributed by atoms with Gasteiger partial charge in [-0.15, -0.1) is 0 Å². The van der Waals surface area contributed by atoms with Gasteiger partial charge in [0.2, 0.25) is 0 Å². The lowest BCUT2D eigenvalue weighted by Crippen LogP contribution is -1.86. The number of furan rings is 1. The largest absolute Gasteiger partial charge is 0.453 e. The summed E-state index contributed by atoms with van der Waals surface area (Å²) in [7, 11) is 0. The van der Waals surface area contributed by atoms with Crippen molar-refractivity contribution in [3.63, 3.8) is 0 Å². The van der Waals surface area contributed by atoms with Gasteiger partial charge in [0.1, 0.15) is 5.76 Å². The molecule has 2 aromatic heterocycles. The zero-order valence-corrected chi connectivity index (χ0v) is 9.74. The molecule has 6 heteroatoms. The maximum absolute atomic E-state index is 10.6. The summed E-state index contributed by atoms with van der Waals surface area (Å²) in [5, 5.41) is 10.6. The normalized spacial score (nSPS) is 10.5. The van der Waals surface area contributed by atoms with Crippen LogP contribution in [-0.2, 0) is 0 Å². The van der Waals surface area contributed by atoms with Crippen molar-refractivity contribution in [3.8, 4) is 22.9 Å². The van der Waals surface area contributed by atoms with Gasteiger partial charge < -0.3 is 9.40 Å². The predicted molar refractivity (Wildman–Crippen MR) is 68.4 cm³/mol. The van der Waals surface area contributed by atoms with Crippen molar-refractivity contribution in [2.45, 2.75) is 0 Å². The van der Waals surface area contributed by atoms with Gasteiger partial charge in [-0.05, 0) is 24.3 Å². The number of nitro benzene ring substituents is 1. The zero-order chi connectivity index (χ0) is 13.2. The van der Waals surface area contributed by atoms with Crippen molar-refractivity contribution >= 4 is 5.69 Å². The number of aromatic amines is 1. The summed E-state index contributed by atoms with van der Waals surface area (Å²) in [6.07, 6.45) is 3.35. The highest BCUT2D eigenvalue weighted by atomic mass is 16.6. The third-order valence-electron chi connectivity index (χ3n) is 2.70. The van der Waals surface area contributed by atoms with Crippen LogP contribution in [0.4, 0.5) is 5.69 Å². The van der Waals surface area contributed by atoms with Crippen LogP contribution < -0.4 is 0 Å². The number of nitro groups is 1. The standard InChI is InChI=1S/C13H9N3O3/c17-16(18)10-3-1-9(2-4-10)11-5-6-12(19-11)13-14-7-8-15-13/h1-8H,(H,14,15). The molecule has 0 aliphatic heterocycles. The number of hydrogen-bond acceptors (Lipinski definition) is 4. The van der Waals surface area contributed by atoms with Gasteiger partial charge in [0, 0.05) is 30.1 Å². The number of rotatable bonds is 3. The van der Waals surface area contributed by atoms with E-state index in [4.69, 9.17) is 4.42 Å². The summed E-state index contributed by atoms with van der Waals surface area (Å²) >= 11 is 0. The Hall–Kier alpha value is -2.89. The molecular formula is C13H9N3O3. The first-order valence-electron chi connectivity index (χ1n) is 5.58. The minimum Gasteiger partial charge on any atom is -0.453 e. The highest BCUT2D eigenvalue weighted by Gasteiger charge is 2.10. The Kier molecular flexibility index (Phi) is 2.60. The van der Waals surface area contributed by atoms with Gasteiger partial charge in [-0.25, -0.2) is 4.98 Å². The SMILES string of the molecule is O=[N+]([O-])c1ccc(-c2ccc(-c3ncc[nH]3)o2)cc1. The minimum absolute atomic E-state index is 0.0570. The lowest BCUT2D eigenvalue weighted by Gasteiger charge is -1.96. The van der Waals surface area contributed by atoms with E-state index in [0.29, 0.717) is 17.3 Å². The van der Waals surface area contributed by atoms with Crippen molar-refractivity contribution in [3.05, 3.63) is 58.9 Å². The van der Waals surface area contributed by atoms with E-state index < -0.39 is 4.92 Å². The second kappa shape index (κ2) is 4.41. The molecule has 0 spiro atoms. The average Bonchev–Trinajstić information content (AvgIpc) is 3.10. The molecule has 0 bridgehead atoms. The van der Waals surface area contributed by atoms with Crippen LogP contribution in [-0.4, -0.2) is 14.9 Å². The first kappa shape index (κ1) is 11.2. The van der Waals surface area contributed by atoms with Crippen LogP contribution in [0.5, 0.6) is 0 Å². The monoisotopic (exact) mass is 255 g/mol. The van der Waals surface area contributed by atoms with E-state index in [2.05, 4.69) is 9.97 Å². The molecule has 19 heavy (non-hydrogen) atoms. The van der Waals surface area contributed by atoms with Crippen LogP contribution in [0.25, 0.3) is 22.9 Å². The molecule has 0 aliphatic carbocycles. The molecule has 0 atom stereocenters. The van der Waals surface area contributed by atoms with Crippen LogP contribution in [0.2, 0.25) is 0 Å². The summed E-state index contributed by atoms with van der Waals surface area (Å²) in [5.41, 5.74) is 0.838. The van der Waals surface area contributed by atoms with E-state index in [1.165, 1.54) is 12.1 Å². The van der Waals surface area contributed by atoms with Crippen LogP contribution in [0.15, 0.2) is 53.2 Å². The smallest absolute Gasteiger partial charge is 0.269 e. The van der Waals surface area contributed by atoms with Gasteiger partial charge in [0.05, 0.1) is 4.92 Å². The topological polar surface area (TPSA) is 85.0 Å². The fourth-order valence-electron chi connectivity index (χ4n) is 1.77. The van der Waals surface area contributed by atoms with Crippen LogP contribution in [0.1, 0.15) is 0 Å². The predicted octanol–water partition coefficient (Wildman–Crippen LogP) is 3.24. The van der Waals surface area contributed by atoms with Crippen LogP contribution in [0, 0.1) is 10.1 Å². The van der Waals surface area contributed by atoms with Gasteiger partial charge >= 0.3 is 0 Å². The highest BCUT2D eigenvalue weighted by molar-refractivity contribution is 5.62. The second-order valence-corrected chi connectivity index (χ2v) is 3.91. The third-order valence-corrected chi connectivity index (χ3v) is 2.70. The average molecular weight is 255 g/mol. The number of non-ortho nitro benzene ring substituents is 1. The summed E-state index contributed by atoms with van der Waals surface area (Å²) in [6.45, 7) is 0. The summed E-state index contributed by atoms with van der Waals surface area (Å²) in [5.74, 6) is 1.91. The fourth-order valence-corrected chi connectivity index (χ4v) is 1.77. The van der Waals surface area contributed by atoms with E-state index in [9.17, 15) is 10.1 Å². The number of imidazole rings is 1. The third kappa shape index (κ3) is 2.11. The first-order valence-corrected chi connectivity index (χ1v) is 5.58. The van der Waals surface area contributed by atoms with Gasteiger partial charge in [-0.2, -0.15) is 0 Å². The van der Waals surface area contributed by atoms with Crippen molar-refractivity contribution in [2.24, 2.45) is 0 Å². The number of nitrogens with zero attached hydrogens (tertiary/aromatic N) is 2. The molecule has 0 radical (unpaired) electrons. The van der Waals surface area contributed by atoms with Crippen LogP contribution in [0.3, 0.4) is 0 Å². The highest BCUT2D eigenvalue weighted by Crippen LogP contribution is 2.27. The van der Waals surface area contributed by atoms with Gasteiger partial charge in [0.15, 0.2) is 11.6 Å². The van der Waals surface area contributed by atoms with Crippen molar-refractivity contribution in [2.75, 3.05) is 0 Å². The summed E-state index contributed by atoms with van der Waals surface area (Å²) in [6, 6.07) is 9.81. The second-order valence-electron chi connectivity index (χ2n) is 3.91. The molecule has 0 aliphatic rings. The molecule has 3 rings (SSSR count). The Bertz CT molecular complexity index is 699. The maximum atomic E-state index is 10.6. The van der Waals surface area contributed by atoms with E-state index in [1.54, 1.807) is 36.7 Å². The van der Waals surface area contributed by atoms with E-state index in [1.807, 2.05) is 0 Å². The molecule has 94 valence electrons. The van der Waals surface area contributed by atoms with E-state index in [-0.39, 0.29) is 5.69 Å². The van der Waals surface area contributed by atoms with Crippen molar-refractivity contribution < 1.29 is 9.34 Å². The van der Waals surface area contributed by atoms with Gasteiger partial charge in [-0.3, -0.25) is 10.1 Å². The number of H-pyrrole nitrogens is 1. The molecule has 1 N–H and O–H groups in total. The number of nitrogens with one attached hydrogen (secondary N) is 1. The Balaban J connectivity index is 1.92. The number of hydrogen-bond donors (Lipinski definition) is 1. The van der Waals surface area contributed by atoms with Crippen molar-refractivity contribution in [1.29, 1.82) is 0 Å². The maximum Gasteiger partial charge on any atom is 0.269 e. The molecule has 2 heterocycles. The molecule has 3 aromatic rings. The molecule has 1 aromatic carbocycles. The van der Waals surface area contributed by atoms with Gasteiger partial charge in [-0.1, -0.05) is 0 Å². The molecule has 0 amide bonds. The van der Waals surface area contributed by atoms with Crippen LogP contribution >= 0.6 is 0 Å². The van der Waals surface area contributed by atoms with E-state index >= 15 is 0 Å². The molecule has 0 unspecified atom stereocenters. The molecular weight excluding hydrogens is 246 g/mol. The Morgan fingerprint density at radius 2 is 1.84 bits per heavy atom. The molecule has 0 fully saturated rings. The fraction of sp³-hybridized carbons (Fsp3) is 0. The zero-order valence-electron chi connectivity index (χ0n) is 9.74. The minimum atomic E-state index is -0.430. The lowest BCUT2D eigenvalue weighted by molar-refractivity contribution is -0.384. The Morgan fingerprint density at radius 3 is 2.47 bits per heavy atom. The molecule has 0 saturated carbocycles. The Morgan fingerprint density at radius 1 is 1.11 bits per heavy atom. The van der Waals surface area contributed by atoms with E-state index in [0.717, 1.165) is 5.56 Å². The number of aromatic nitrogens is 2. The van der Waals surface area contributed by atoms with Gasteiger partial charge in [0.25, 0.3) is 5.69 Å². The lowest BCUT2D eigenvalue weighted by atomic mass is 10.1. The summed E-state index contributed by atoms with van der Waals surface area (Å²) in [4.78, 5) is 17.2. The quantitative estimate of drug-likeness (QED) is 0.575. The van der Waals surface area contributed by atoms with Crippen molar-refractivity contribution in [1.82, 2.24) is 9.97 Å². The summed E-state index contributed by atoms with van der Waals surface area (Å²) < 4.78 is 5.65. The number of benzene rings is 1.